The number of hydrogen-bond donors (Lipinski definition) is 1. The minimum absolute atomic E-state index is 0.0525. The zero-order valence-electron chi connectivity index (χ0n) is 9.69. The van der Waals surface area contributed by atoms with Gasteiger partial charge in [-0.3, -0.25) is 14.8 Å². The summed E-state index contributed by atoms with van der Waals surface area (Å²) in [5, 5.41) is 25.8. The van der Waals surface area contributed by atoms with Crippen LogP contribution >= 0.6 is 0 Å². The molecule has 6 heteroatoms. The molecule has 1 N–H and O–H groups in total. The first kappa shape index (κ1) is 11.2. The van der Waals surface area contributed by atoms with E-state index in [2.05, 4.69) is 5.10 Å². The Hall–Kier alpha value is -1.95. The first-order valence-corrected chi connectivity index (χ1v) is 5.96. The van der Waals surface area contributed by atoms with Crippen molar-refractivity contribution in [3.63, 3.8) is 0 Å². The van der Waals surface area contributed by atoms with E-state index in [9.17, 15) is 15.2 Å². The maximum absolute atomic E-state index is 10.8. The lowest BCUT2D eigenvalue weighted by atomic mass is 10.2. The first-order valence-electron chi connectivity index (χ1n) is 5.96. The summed E-state index contributed by atoms with van der Waals surface area (Å²) in [7, 11) is 0. The first-order chi connectivity index (χ1) is 8.66. The van der Waals surface area contributed by atoms with Gasteiger partial charge in [-0.05, 0) is 25.3 Å². The largest absolute Gasteiger partial charge is 0.391 e. The normalized spacial score (nSPS) is 23.6. The Balaban J connectivity index is 2.11. The zero-order chi connectivity index (χ0) is 12.7. The number of aliphatic hydroxyl groups is 1. The fourth-order valence-corrected chi connectivity index (χ4v) is 2.61. The van der Waals surface area contributed by atoms with Gasteiger partial charge in [0.2, 0.25) is 0 Å². The second kappa shape index (κ2) is 4.06. The van der Waals surface area contributed by atoms with Gasteiger partial charge >= 0.3 is 0 Å². The second-order valence-corrected chi connectivity index (χ2v) is 4.65. The van der Waals surface area contributed by atoms with Crippen LogP contribution in [-0.4, -0.2) is 25.9 Å². The van der Waals surface area contributed by atoms with Crippen LogP contribution < -0.4 is 0 Å². The topological polar surface area (TPSA) is 81.2 Å². The molecule has 0 amide bonds. The lowest BCUT2D eigenvalue weighted by Gasteiger charge is -2.15. The Morgan fingerprint density at radius 3 is 2.94 bits per heavy atom. The van der Waals surface area contributed by atoms with Crippen LogP contribution in [0.4, 0.5) is 5.69 Å². The Morgan fingerprint density at radius 2 is 2.28 bits per heavy atom. The van der Waals surface area contributed by atoms with Gasteiger partial charge in [-0.25, -0.2) is 0 Å². The molecule has 0 aliphatic heterocycles. The van der Waals surface area contributed by atoms with E-state index >= 15 is 0 Å². The Bertz CT molecular complexity index is 608. The van der Waals surface area contributed by atoms with Crippen molar-refractivity contribution in [2.75, 3.05) is 0 Å². The molecular weight excluding hydrogens is 234 g/mol. The molecule has 2 aromatic rings. The number of aliphatic hydroxyl groups excluding tert-OH is 1. The van der Waals surface area contributed by atoms with Crippen molar-refractivity contribution in [3.05, 3.63) is 34.5 Å². The summed E-state index contributed by atoms with van der Waals surface area (Å²) in [6, 6.07) is 4.62. The number of aromatic nitrogens is 2. The summed E-state index contributed by atoms with van der Waals surface area (Å²) >= 11 is 0. The fraction of sp³-hybridized carbons (Fsp3) is 0.417. The lowest BCUT2D eigenvalue weighted by molar-refractivity contribution is -0.384. The van der Waals surface area contributed by atoms with E-state index in [1.165, 1.54) is 12.1 Å². The Kier molecular flexibility index (Phi) is 2.52. The molecule has 6 nitrogen and oxygen atoms in total. The number of benzene rings is 1. The highest BCUT2D eigenvalue weighted by molar-refractivity contribution is 5.81. The molecule has 18 heavy (non-hydrogen) atoms. The minimum atomic E-state index is -0.415. The molecule has 0 bridgehead atoms. The standard InChI is InChI=1S/C12H13N3O3/c16-12-3-1-2-10(12)14-11-6-9(15(17)18)5-4-8(11)7-13-14/h4-7,10,12,16H,1-3H2/t10-,12-/m0/s1. The second-order valence-electron chi connectivity index (χ2n) is 4.65. The van der Waals surface area contributed by atoms with Crippen molar-refractivity contribution in [3.8, 4) is 0 Å². The fourth-order valence-electron chi connectivity index (χ4n) is 2.61. The van der Waals surface area contributed by atoms with Crippen LogP contribution in [0.3, 0.4) is 0 Å². The highest BCUT2D eigenvalue weighted by Gasteiger charge is 2.28. The zero-order valence-corrected chi connectivity index (χ0v) is 9.69. The van der Waals surface area contributed by atoms with E-state index in [0.717, 1.165) is 30.2 Å². The average molecular weight is 247 g/mol. The maximum Gasteiger partial charge on any atom is 0.271 e. The van der Waals surface area contributed by atoms with E-state index < -0.39 is 11.0 Å². The van der Waals surface area contributed by atoms with Crippen molar-refractivity contribution >= 4 is 16.6 Å². The van der Waals surface area contributed by atoms with Crippen LogP contribution in [0.25, 0.3) is 10.9 Å². The predicted molar refractivity (Wildman–Crippen MR) is 65.3 cm³/mol. The molecular formula is C12H13N3O3. The molecule has 1 saturated carbocycles. The van der Waals surface area contributed by atoms with Crippen molar-refractivity contribution in [2.24, 2.45) is 0 Å². The van der Waals surface area contributed by atoms with Crippen LogP contribution in [0.1, 0.15) is 25.3 Å². The molecule has 1 aromatic carbocycles. The molecule has 0 radical (unpaired) electrons. The maximum atomic E-state index is 10.8. The van der Waals surface area contributed by atoms with Crippen LogP contribution in [-0.2, 0) is 0 Å². The molecule has 1 aliphatic carbocycles. The van der Waals surface area contributed by atoms with Crippen molar-refractivity contribution in [1.29, 1.82) is 0 Å². The van der Waals surface area contributed by atoms with Crippen LogP contribution in [0, 0.1) is 10.1 Å². The number of rotatable bonds is 2. The van der Waals surface area contributed by atoms with Gasteiger partial charge in [-0.15, -0.1) is 0 Å². The molecule has 1 fully saturated rings. The van der Waals surface area contributed by atoms with Gasteiger partial charge in [-0.2, -0.15) is 5.10 Å². The highest BCUT2D eigenvalue weighted by Crippen LogP contribution is 2.33. The molecule has 1 heterocycles. The number of hydrogen-bond acceptors (Lipinski definition) is 4. The average Bonchev–Trinajstić information content (AvgIpc) is 2.93. The molecule has 0 spiro atoms. The molecule has 0 saturated heterocycles. The minimum Gasteiger partial charge on any atom is -0.391 e. The molecule has 3 rings (SSSR count). The van der Waals surface area contributed by atoms with E-state index in [1.807, 2.05) is 0 Å². The molecule has 0 unspecified atom stereocenters. The Morgan fingerprint density at radius 1 is 1.44 bits per heavy atom. The molecule has 1 aromatic heterocycles. The van der Waals surface area contributed by atoms with E-state index in [-0.39, 0.29) is 11.7 Å². The van der Waals surface area contributed by atoms with Gasteiger partial charge in [0.1, 0.15) is 0 Å². The number of nitro benzene ring substituents is 1. The van der Waals surface area contributed by atoms with Crippen LogP contribution in [0.5, 0.6) is 0 Å². The third-order valence-electron chi connectivity index (χ3n) is 3.55. The summed E-state index contributed by atoms with van der Waals surface area (Å²) in [6.45, 7) is 0. The summed E-state index contributed by atoms with van der Waals surface area (Å²) in [4.78, 5) is 10.4. The summed E-state index contributed by atoms with van der Waals surface area (Å²) < 4.78 is 1.72. The summed E-state index contributed by atoms with van der Waals surface area (Å²) in [5.74, 6) is 0. The lowest BCUT2D eigenvalue weighted by Crippen LogP contribution is -2.19. The number of nitrogens with zero attached hydrogens (tertiary/aromatic N) is 3. The van der Waals surface area contributed by atoms with E-state index in [4.69, 9.17) is 0 Å². The monoisotopic (exact) mass is 247 g/mol. The van der Waals surface area contributed by atoms with Gasteiger partial charge < -0.3 is 5.11 Å². The van der Waals surface area contributed by atoms with Crippen LogP contribution in [0.15, 0.2) is 24.4 Å². The quantitative estimate of drug-likeness (QED) is 0.650. The van der Waals surface area contributed by atoms with Gasteiger partial charge in [-0.1, -0.05) is 0 Å². The SMILES string of the molecule is O=[N+]([O-])c1ccc2cnn([C@H]3CCC[C@@H]3O)c2c1. The van der Waals surface area contributed by atoms with Gasteiger partial charge in [0, 0.05) is 17.5 Å². The highest BCUT2D eigenvalue weighted by atomic mass is 16.6. The Labute approximate surface area is 103 Å². The number of nitro groups is 1. The van der Waals surface area contributed by atoms with E-state index in [0.29, 0.717) is 0 Å². The van der Waals surface area contributed by atoms with Gasteiger partial charge in [0.15, 0.2) is 0 Å². The number of fused-ring (bicyclic) bond motifs is 1. The summed E-state index contributed by atoms with van der Waals surface area (Å²) in [5.41, 5.74) is 0.770. The van der Waals surface area contributed by atoms with Crippen molar-refractivity contribution < 1.29 is 10.0 Å². The van der Waals surface area contributed by atoms with Crippen molar-refractivity contribution in [1.82, 2.24) is 9.78 Å². The predicted octanol–water partition coefficient (Wildman–Crippen LogP) is 2.03. The van der Waals surface area contributed by atoms with Gasteiger partial charge in [0.25, 0.3) is 5.69 Å². The smallest absolute Gasteiger partial charge is 0.271 e. The molecule has 94 valence electrons. The third kappa shape index (κ3) is 1.65. The van der Waals surface area contributed by atoms with E-state index in [1.54, 1.807) is 16.9 Å². The summed E-state index contributed by atoms with van der Waals surface area (Å²) in [6.07, 6.45) is 3.86. The molecule has 2 atom stereocenters. The van der Waals surface area contributed by atoms with Crippen molar-refractivity contribution in [2.45, 2.75) is 31.4 Å². The third-order valence-corrected chi connectivity index (χ3v) is 3.55. The van der Waals surface area contributed by atoms with Gasteiger partial charge in [0.05, 0.1) is 28.8 Å². The number of non-ortho nitro benzene ring substituents is 1. The van der Waals surface area contributed by atoms with Crippen LogP contribution in [0.2, 0.25) is 0 Å². The molecule has 1 aliphatic rings.